The van der Waals surface area contributed by atoms with Gasteiger partial charge in [0.1, 0.15) is 5.82 Å². The number of rotatable bonds is 3. The van der Waals surface area contributed by atoms with E-state index in [2.05, 4.69) is 38.3 Å². The van der Waals surface area contributed by atoms with Gasteiger partial charge in [0.2, 0.25) is 0 Å². The average molecular weight is 263 g/mol. The van der Waals surface area contributed by atoms with Gasteiger partial charge in [-0.2, -0.15) is 0 Å². The summed E-state index contributed by atoms with van der Waals surface area (Å²) in [7, 11) is 2.21. The summed E-state index contributed by atoms with van der Waals surface area (Å²) in [5.74, 6) is 1.77. The van der Waals surface area contributed by atoms with E-state index in [1.54, 1.807) is 0 Å². The largest absolute Gasteiger partial charge is 0.345 e. The summed E-state index contributed by atoms with van der Waals surface area (Å²) in [5.41, 5.74) is 1.33. The molecule has 2 saturated heterocycles. The first kappa shape index (κ1) is 13.1. The molecule has 1 unspecified atom stereocenters. The molecular formula is C14H25N5. The van der Waals surface area contributed by atoms with E-state index in [0.29, 0.717) is 5.92 Å². The van der Waals surface area contributed by atoms with Crippen LogP contribution in [0.15, 0.2) is 6.20 Å². The fourth-order valence-electron chi connectivity index (χ4n) is 3.17. The van der Waals surface area contributed by atoms with Crippen LogP contribution in [-0.4, -0.2) is 66.1 Å². The van der Waals surface area contributed by atoms with Crippen molar-refractivity contribution in [1.82, 2.24) is 25.1 Å². The number of likely N-dealkylation sites (tertiary alicyclic amines) is 1. The second-order valence-electron chi connectivity index (χ2n) is 5.91. The molecule has 3 heterocycles. The zero-order valence-corrected chi connectivity index (χ0v) is 11.9. The number of imidazole rings is 1. The summed E-state index contributed by atoms with van der Waals surface area (Å²) in [6.45, 7) is 7.81. The van der Waals surface area contributed by atoms with E-state index in [1.165, 1.54) is 25.1 Å². The van der Waals surface area contributed by atoms with Gasteiger partial charge in [-0.1, -0.05) is 0 Å². The topological polar surface area (TPSA) is 47.2 Å². The highest BCUT2D eigenvalue weighted by molar-refractivity contribution is 5.09. The summed E-state index contributed by atoms with van der Waals surface area (Å²) in [4.78, 5) is 13.0. The molecule has 3 rings (SSSR count). The average Bonchev–Trinajstić information content (AvgIpc) is 2.88. The molecular weight excluding hydrogens is 238 g/mol. The minimum Gasteiger partial charge on any atom is -0.345 e. The van der Waals surface area contributed by atoms with Crippen LogP contribution in [0.1, 0.15) is 30.3 Å². The van der Waals surface area contributed by atoms with Crippen LogP contribution >= 0.6 is 0 Å². The van der Waals surface area contributed by atoms with E-state index in [1.807, 2.05) is 0 Å². The van der Waals surface area contributed by atoms with E-state index >= 15 is 0 Å². The third-order valence-electron chi connectivity index (χ3n) is 4.30. The number of aromatic amines is 1. The van der Waals surface area contributed by atoms with Crippen LogP contribution in [0.3, 0.4) is 0 Å². The van der Waals surface area contributed by atoms with Crippen LogP contribution in [0.25, 0.3) is 0 Å². The number of piperidine rings is 1. The summed E-state index contributed by atoms with van der Waals surface area (Å²) < 4.78 is 0. The SMILES string of the molecule is CN1CCCC(c2cnc(CN3CCNCC3)[nH]2)C1. The maximum absolute atomic E-state index is 4.57. The number of aromatic nitrogens is 2. The zero-order chi connectivity index (χ0) is 13.1. The van der Waals surface area contributed by atoms with Gasteiger partial charge in [0, 0.05) is 50.5 Å². The van der Waals surface area contributed by atoms with Crippen molar-refractivity contribution in [2.75, 3.05) is 46.3 Å². The molecule has 5 heteroatoms. The van der Waals surface area contributed by atoms with Crippen LogP contribution < -0.4 is 5.32 Å². The lowest BCUT2D eigenvalue weighted by atomic mass is 9.96. The summed E-state index contributed by atoms with van der Waals surface area (Å²) >= 11 is 0. The first-order valence-electron chi connectivity index (χ1n) is 7.46. The van der Waals surface area contributed by atoms with Crippen molar-refractivity contribution >= 4 is 0 Å². The minimum absolute atomic E-state index is 0.642. The highest BCUT2D eigenvalue weighted by Gasteiger charge is 2.21. The fraction of sp³-hybridized carbons (Fsp3) is 0.786. The fourth-order valence-corrected chi connectivity index (χ4v) is 3.17. The Balaban J connectivity index is 1.59. The Bertz CT molecular complexity index is 396. The Morgan fingerprint density at radius 3 is 2.95 bits per heavy atom. The Morgan fingerprint density at radius 2 is 2.16 bits per heavy atom. The van der Waals surface area contributed by atoms with Crippen LogP contribution in [0.2, 0.25) is 0 Å². The van der Waals surface area contributed by atoms with E-state index in [0.717, 1.165) is 45.1 Å². The van der Waals surface area contributed by atoms with Crippen LogP contribution in [0.5, 0.6) is 0 Å². The third-order valence-corrected chi connectivity index (χ3v) is 4.30. The maximum atomic E-state index is 4.57. The molecule has 2 fully saturated rings. The van der Waals surface area contributed by atoms with Gasteiger partial charge in [-0.3, -0.25) is 4.90 Å². The van der Waals surface area contributed by atoms with Crippen molar-refractivity contribution in [3.63, 3.8) is 0 Å². The Labute approximate surface area is 115 Å². The van der Waals surface area contributed by atoms with E-state index < -0.39 is 0 Å². The Kier molecular flexibility index (Phi) is 4.15. The quantitative estimate of drug-likeness (QED) is 0.839. The molecule has 5 nitrogen and oxygen atoms in total. The van der Waals surface area contributed by atoms with E-state index in [9.17, 15) is 0 Å². The number of nitrogens with one attached hydrogen (secondary N) is 2. The molecule has 0 saturated carbocycles. The predicted octanol–water partition coefficient (Wildman–Crippen LogP) is 0.624. The summed E-state index contributed by atoms with van der Waals surface area (Å²) in [5, 5.41) is 3.38. The summed E-state index contributed by atoms with van der Waals surface area (Å²) in [6.07, 6.45) is 4.65. The Morgan fingerprint density at radius 1 is 1.32 bits per heavy atom. The highest BCUT2D eigenvalue weighted by atomic mass is 15.2. The van der Waals surface area contributed by atoms with Crippen molar-refractivity contribution in [2.45, 2.75) is 25.3 Å². The van der Waals surface area contributed by atoms with Crippen molar-refractivity contribution in [3.8, 4) is 0 Å². The molecule has 0 aromatic carbocycles. The normalized spacial score (nSPS) is 26.7. The van der Waals surface area contributed by atoms with Crippen LogP contribution in [0.4, 0.5) is 0 Å². The predicted molar refractivity (Wildman–Crippen MR) is 76.2 cm³/mol. The van der Waals surface area contributed by atoms with E-state index in [-0.39, 0.29) is 0 Å². The molecule has 0 bridgehead atoms. The number of likely N-dealkylation sites (N-methyl/N-ethyl adjacent to an activating group) is 1. The van der Waals surface area contributed by atoms with Crippen molar-refractivity contribution in [3.05, 3.63) is 17.7 Å². The summed E-state index contributed by atoms with van der Waals surface area (Å²) in [6, 6.07) is 0. The molecule has 1 aromatic rings. The first-order chi connectivity index (χ1) is 9.31. The molecule has 19 heavy (non-hydrogen) atoms. The van der Waals surface area contributed by atoms with Gasteiger partial charge in [0.05, 0.1) is 6.54 Å². The van der Waals surface area contributed by atoms with E-state index in [4.69, 9.17) is 0 Å². The smallest absolute Gasteiger partial charge is 0.120 e. The maximum Gasteiger partial charge on any atom is 0.120 e. The van der Waals surface area contributed by atoms with Gasteiger partial charge < -0.3 is 15.2 Å². The first-order valence-corrected chi connectivity index (χ1v) is 7.46. The number of piperazine rings is 1. The van der Waals surface area contributed by atoms with Gasteiger partial charge in [0.15, 0.2) is 0 Å². The molecule has 0 amide bonds. The monoisotopic (exact) mass is 263 g/mol. The number of hydrogen-bond acceptors (Lipinski definition) is 4. The molecule has 2 aliphatic rings. The lowest BCUT2D eigenvalue weighted by molar-refractivity contribution is 0.227. The number of hydrogen-bond donors (Lipinski definition) is 2. The van der Waals surface area contributed by atoms with Crippen molar-refractivity contribution < 1.29 is 0 Å². The molecule has 1 atom stereocenters. The number of nitrogens with zero attached hydrogens (tertiary/aromatic N) is 3. The highest BCUT2D eigenvalue weighted by Crippen LogP contribution is 2.24. The molecule has 0 radical (unpaired) electrons. The standard InChI is InChI=1S/C14H25N5/c1-18-6-2-3-12(10-18)13-9-16-14(17-13)11-19-7-4-15-5-8-19/h9,12,15H,2-8,10-11H2,1H3,(H,16,17). The second kappa shape index (κ2) is 6.03. The lowest BCUT2D eigenvalue weighted by Crippen LogP contribution is -2.43. The Hall–Kier alpha value is -0.910. The number of H-pyrrole nitrogens is 1. The molecule has 2 aliphatic heterocycles. The van der Waals surface area contributed by atoms with Gasteiger partial charge in [-0.15, -0.1) is 0 Å². The van der Waals surface area contributed by atoms with Crippen LogP contribution in [-0.2, 0) is 6.54 Å². The zero-order valence-electron chi connectivity index (χ0n) is 11.9. The van der Waals surface area contributed by atoms with Gasteiger partial charge in [0.25, 0.3) is 0 Å². The van der Waals surface area contributed by atoms with Gasteiger partial charge in [-0.05, 0) is 26.4 Å². The lowest BCUT2D eigenvalue weighted by Gasteiger charge is -2.29. The van der Waals surface area contributed by atoms with Gasteiger partial charge in [-0.25, -0.2) is 4.98 Å². The molecule has 106 valence electrons. The van der Waals surface area contributed by atoms with Crippen molar-refractivity contribution in [2.24, 2.45) is 0 Å². The van der Waals surface area contributed by atoms with Crippen molar-refractivity contribution in [1.29, 1.82) is 0 Å². The molecule has 0 aliphatic carbocycles. The molecule has 2 N–H and O–H groups in total. The van der Waals surface area contributed by atoms with Crippen LogP contribution in [0, 0.1) is 0 Å². The second-order valence-corrected chi connectivity index (χ2v) is 5.91. The molecule has 0 spiro atoms. The van der Waals surface area contributed by atoms with Gasteiger partial charge >= 0.3 is 0 Å². The minimum atomic E-state index is 0.642. The molecule has 1 aromatic heterocycles. The third kappa shape index (κ3) is 3.35.